The minimum atomic E-state index is -0.411. The molecule has 184 valence electrons. The topological polar surface area (TPSA) is 135 Å². The van der Waals surface area contributed by atoms with Crippen LogP contribution < -0.4 is 15.6 Å². The van der Waals surface area contributed by atoms with Gasteiger partial charge in [0.2, 0.25) is 17.8 Å². The van der Waals surface area contributed by atoms with Crippen molar-refractivity contribution in [3.63, 3.8) is 0 Å². The van der Waals surface area contributed by atoms with Crippen LogP contribution in [0.2, 0.25) is 0 Å². The average molecular weight is 487 g/mol. The van der Waals surface area contributed by atoms with Gasteiger partial charge in [-0.3, -0.25) is 10.1 Å². The molecule has 0 fully saturated rings. The minimum Gasteiger partial charge on any atom is -0.455 e. The third kappa shape index (κ3) is 5.81. The van der Waals surface area contributed by atoms with Gasteiger partial charge in [-0.1, -0.05) is 30.3 Å². The van der Waals surface area contributed by atoms with Crippen molar-refractivity contribution >= 4 is 29.7 Å². The summed E-state index contributed by atoms with van der Waals surface area (Å²) >= 11 is 0. The van der Waals surface area contributed by atoms with E-state index in [1.807, 2.05) is 58.3 Å². The summed E-state index contributed by atoms with van der Waals surface area (Å²) in [6.45, 7) is 4.29. The Morgan fingerprint density at radius 3 is 2.47 bits per heavy atom. The molecule has 0 aliphatic carbocycles. The number of nitro groups is 1. The third-order valence-electron chi connectivity index (χ3n) is 5.37. The van der Waals surface area contributed by atoms with E-state index in [0.717, 1.165) is 16.7 Å². The maximum absolute atomic E-state index is 11.5. The van der Waals surface area contributed by atoms with Gasteiger partial charge < -0.3 is 14.6 Å². The van der Waals surface area contributed by atoms with Crippen LogP contribution in [0.4, 0.5) is 23.5 Å². The summed E-state index contributed by atoms with van der Waals surface area (Å²) in [5.41, 5.74) is 6.07. The lowest BCUT2D eigenvalue weighted by Gasteiger charge is -2.13. The second kappa shape index (κ2) is 10.6. The van der Waals surface area contributed by atoms with Crippen molar-refractivity contribution in [2.45, 2.75) is 20.4 Å². The molecule has 0 aliphatic heterocycles. The lowest BCUT2D eigenvalue weighted by molar-refractivity contribution is -0.384. The van der Waals surface area contributed by atoms with Gasteiger partial charge in [0.15, 0.2) is 0 Å². The Hall–Kier alpha value is -4.80. The van der Waals surface area contributed by atoms with E-state index >= 15 is 0 Å². The van der Waals surface area contributed by atoms with E-state index < -0.39 is 4.92 Å². The van der Waals surface area contributed by atoms with Gasteiger partial charge in [0, 0.05) is 26.7 Å². The van der Waals surface area contributed by atoms with Gasteiger partial charge in [0.25, 0.3) is 5.69 Å². The Balaban J connectivity index is 1.50. The molecular weight excluding hydrogens is 460 g/mol. The van der Waals surface area contributed by atoms with Crippen LogP contribution in [0.25, 0.3) is 11.3 Å². The van der Waals surface area contributed by atoms with Crippen molar-refractivity contribution in [2.24, 2.45) is 5.10 Å². The van der Waals surface area contributed by atoms with E-state index in [1.54, 1.807) is 29.2 Å². The molecule has 2 aromatic carbocycles. The van der Waals surface area contributed by atoms with Crippen LogP contribution >= 0.6 is 0 Å². The molecule has 0 amide bonds. The first-order valence-electron chi connectivity index (χ1n) is 11.2. The van der Waals surface area contributed by atoms with E-state index in [1.165, 1.54) is 6.21 Å². The summed E-state index contributed by atoms with van der Waals surface area (Å²) in [5, 5.41) is 18.9. The molecule has 2 aromatic heterocycles. The zero-order valence-electron chi connectivity index (χ0n) is 20.4. The minimum absolute atomic E-state index is 0.00834. The largest absolute Gasteiger partial charge is 0.455 e. The highest BCUT2D eigenvalue weighted by atomic mass is 16.6. The molecule has 4 rings (SSSR count). The highest BCUT2D eigenvalue weighted by molar-refractivity contribution is 5.79. The standard InChI is InChI=1S/C25H26N8O3/c1-16-12-20(21(33(34)35)13-17(16)2)22-11-10-19(36-22)15-27-31-24-28-23(29-25(30-24)32(3)4)26-14-18-8-6-5-7-9-18/h5-13,15H,14H2,1-4H3,(H2,26,28,29,30,31). The fourth-order valence-electron chi connectivity index (χ4n) is 3.34. The van der Waals surface area contributed by atoms with Crippen LogP contribution in [-0.4, -0.2) is 40.2 Å². The molecule has 11 nitrogen and oxygen atoms in total. The fraction of sp³-hybridized carbons (Fsp3) is 0.200. The van der Waals surface area contributed by atoms with E-state index in [-0.39, 0.29) is 11.6 Å². The number of hydrogen-bond acceptors (Lipinski definition) is 10. The summed E-state index contributed by atoms with van der Waals surface area (Å²) in [4.78, 5) is 26.0. The summed E-state index contributed by atoms with van der Waals surface area (Å²) < 4.78 is 5.80. The summed E-state index contributed by atoms with van der Waals surface area (Å²) in [5.74, 6) is 1.90. The van der Waals surface area contributed by atoms with Crippen molar-refractivity contribution < 1.29 is 9.34 Å². The zero-order chi connectivity index (χ0) is 25.7. The van der Waals surface area contributed by atoms with E-state index in [2.05, 4.69) is 30.8 Å². The second-order valence-electron chi connectivity index (χ2n) is 8.30. The first-order valence-corrected chi connectivity index (χ1v) is 11.2. The Labute approximate surface area is 208 Å². The summed E-state index contributed by atoms with van der Waals surface area (Å²) in [6.07, 6.45) is 1.45. The number of hydrazone groups is 1. The lowest BCUT2D eigenvalue weighted by atomic mass is 10.0. The SMILES string of the molecule is Cc1cc(-c2ccc(C=NNc3nc(NCc4ccccc4)nc(N(C)C)n3)o2)c([N+](=O)[O-])cc1C. The van der Waals surface area contributed by atoms with E-state index in [9.17, 15) is 10.1 Å². The smallest absolute Gasteiger partial charge is 0.280 e. The van der Waals surface area contributed by atoms with E-state index in [4.69, 9.17) is 4.42 Å². The number of hydrogen-bond donors (Lipinski definition) is 2. The molecule has 0 saturated heterocycles. The van der Waals surface area contributed by atoms with Crippen molar-refractivity contribution in [1.29, 1.82) is 0 Å². The molecule has 0 atom stereocenters. The number of aryl methyl sites for hydroxylation is 2. The lowest BCUT2D eigenvalue weighted by Crippen LogP contribution is -2.16. The van der Waals surface area contributed by atoms with Crippen LogP contribution in [0.1, 0.15) is 22.5 Å². The van der Waals surface area contributed by atoms with Crippen LogP contribution in [0.5, 0.6) is 0 Å². The van der Waals surface area contributed by atoms with Gasteiger partial charge in [-0.15, -0.1) is 0 Å². The van der Waals surface area contributed by atoms with Gasteiger partial charge in [-0.25, -0.2) is 5.43 Å². The molecule has 36 heavy (non-hydrogen) atoms. The number of furan rings is 1. The molecule has 4 aromatic rings. The van der Waals surface area contributed by atoms with Crippen LogP contribution in [0.15, 0.2) is 64.1 Å². The Bertz CT molecular complexity index is 1400. The first-order chi connectivity index (χ1) is 17.3. The molecule has 0 bridgehead atoms. The van der Waals surface area contributed by atoms with Gasteiger partial charge in [-0.2, -0.15) is 20.1 Å². The van der Waals surface area contributed by atoms with Crippen molar-refractivity contribution in [3.8, 4) is 11.3 Å². The molecule has 11 heteroatoms. The number of aromatic nitrogens is 3. The van der Waals surface area contributed by atoms with Gasteiger partial charge >= 0.3 is 0 Å². The number of nitro benzene ring substituents is 1. The molecule has 0 aliphatic rings. The molecule has 0 saturated carbocycles. The van der Waals surface area contributed by atoms with Gasteiger partial charge in [0.1, 0.15) is 11.5 Å². The highest BCUT2D eigenvalue weighted by Gasteiger charge is 2.19. The zero-order valence-corrected chi connectivity index (χ0v) is 20.4. The molecule has 2 heterocycles. The molecule has 2 N–H and O–H groups in total. The first kappa shape index (κ1) is 24.3. The normalized spacial score (nSPS) is 11.0. The predicted octanol–water partition coefficient (Wildman–Crippen LogP) is 4.78. The quantitative estimate of drug-likeness (QED) is 0.195. The molecule has 0 spiro atoms. The van der Waals surface area contributed by atoms with Crippen molar-refractivity contribution in [1.82, 2.24) is 15.0 Å². The molecule has 0 radical (unpaired) electrons. The Morgan fingerprint density at radius 2 is 1.75 bits per heavy atom. The number of nitrogens with zero attached hydrogens (tertiary/aromatic N) is 6. The second-order valence-corrected chi connectivity index (χ2v) is 8.30. The number of nitrogens with one attached hydrogen (secondary N) is 2. The van der Waals surface area contributed by atoms with Gasteiger partial charge in [-0.05, 0) is 48.7 Å². The maximum Gasteiger partial charge on any atom is 0.280 e. The third-order valence-corrected chi connectivity index (χ3v) is 5.37. The molecular formula is C25H26N8O3. The Kier molecular flexibility index (Phi) is 7.19. The van der Waals surface area contributed by atoms with E-state index in [0.29, 0.717) is 35.5 Å². The molecule has 0 unspecified atom stereocenters. The van der Waals surface area contributed by atoms with Gasteiger partial charge in [0.05, 0.1) is 16.7 Å². The predicted molar refractivity (Wildman–Crippen MR) is 139 cm³/mol. The van der Waals surface area contributed by atoms with Crippen molar-refractivity contribution in [2.75, 3.05) is 29.7 Å². The summed E-state index contributed by atoms with van der Waals surface area (Å²) in [7, 11) is 3.67. The maximum atomic E-state index is 11.5. The number of rotatable bonds is 9. The average Bonchev–Trinajstić information content (AvgIpc) is 3.33. The van der Waals surface area contributed by atoms with Crippen molar-refractivity contribution in [3.05, 3.63) is 87.2 Å². The highest BCUT2D eigenvalue weighted by Crippen LogP contribution is 2.33. The van der Waals surface area contributed by atoms with Crippen LogP contribution in [0, 0.1) is 24.0 Å². The van der Waals surface area contributed by atoms with Crippen LogP contribution in [-0.2, 0) is 6.54 Å². The summed E-state index contributed by atoms with van der Waals surface area (Å²) in [6, 6.07) is 16.6. The fourth-order valence-corrected chi connectivity index (χ4v) is 3.34. The van der Waals surface area contributed by atoms with Crippen LogP contribution in [0.3, 0.4) is 0 Å². The Morgan fingerprint density at radius 1 is 1.03 bits per heavy atom. The number of benzene rings is 2. The monoisotopic (exact) mass is 486 g/mol. The number of anilines is 3.